The Balaban J connectivity index is 1.57. The third-order valence-corrected chi connectivity index (χ3v) is 5.48. The van der Waals surface area contributed by atoms with Gasteiger partial charge in [-0.25, -0.2) is 4.79 Å². The van der Waals surface area contributed by atoms with E-state index in [1.165, 1.54) is 0 Å². The lowest BCUT2D eigenvalue weighted by atomic mass is 10.2. The third-order valence-electron chi connectivity index (χ3n) is 5.48. The molecule has 0 unspecified atom stereocenters. The molecule has 27 heavy (non-hydrogen) atoms. The molecule has 0 aromatic heterocycles. The van der Waals surface area contributed by atoms with Crippen molar-refractivity contribution >= 4 is 11.9 Å². The topological polar surface area (TPSA) is 68.4 Å². The van der Waals surface area contributed by atoms with Crippen LogP contribution in [0.3, 0.4) is 0 Å². The Morgan fingerprint density at radius 2 is 1.63 bits per heavy atom. The Bertz CT molecular complexity index is 460. The molecule has 0 radical (unpaired) electrons. The molecule has 1 N–H and O–H groups in total. The lowest BCUT2D eigenvalue weighted by Gasteiger charge is -2.36. The molecule has 2 aliphatic heterocycles. The van der Waals surface area contributed by atoms with E-state index in [0.717, 1.165) is 32.5 Å². The maximum absolute atomic E-state index is 12.4. The van der Waals surface area contributed by atoms with Gasteiger partial charge < -0.3 is 24.8 Å². The van der Waals surface area contributed by atoms with Gasteiger partial charge in [0.1, 0.15) is 0 Å². The molecule has 0 aromatic carbocycles. The molecule has 0 bridgehead atoms. The minimum absolute atomic E-state index is 0.00695. The molecule has 0 spiro atoms. The largest absolute Gasteiger partial charge is 0.379 e. The van der Waals surface area contributed by atoms with Crippen molar-refractivity contribution in [1.29, 1.82) is 0 Å². The summed E-state index contributed by atoms with van der Waals surface area (Å²) < 4.78 is 5.32. The number of ether oxygens (including phenoxy) is 1. The summed E-state index contributed by atoms with van der Waals surface area (Å²) in [6, 6.07) is 0.550. The van der Waals surface area contributed by atoms with E-state index in [2.05, 4.69) is 36.0 Å². The van der Waals surface area contributed by atoms with E-state index < -0.39 is 0 Å². The van der Waals surface area contributed by atoms with E-state index in [9.17, 15) is 9.59 Å². The van der Waals surface area contributed by atoms with Gasteiger partial charge in [-0.05, 0) is 40.3 Å². The zero-order chi connectivity index (χ0) is 19.6. The molecule has 2 fully saturated rings. The fraction of sp³-hybridized carbons (Fsp3) is 0.895. The number of morpholine rings is 1. The number of nitrogens with zero attached hydrogens (tertiary/aromatic N) is 4. The van der Waals surface area contributed by atoms with Crippen molar-refractivity contribution in [1.82, 2.24) is 24.9 Å². The predicted octanol–water partition coefficient (Wildman–Crippen LogP) is 0.293. The molecule has 2 heterocycles. The van der Waals surface area contributed by atoms with Crippen molar-refractivity contribution in [3.8, 4) is 0 Å². The van der Waals surface area contributed by atoms with Crippen molar-refractivity contribution in [2.75, 3.05) is 79.2 Å². The number of amides is 3. The van der Waals surface area contributed by atoms with E-state index in [-0.39, 0.29) is 11.9 Å². The van der Waals surface area contributed by atoms with Crippen LogP contribution in [0.15, 0.2) is 0 Å². The minimum atomic E-state index is -0.00695. The molecule has 0 aromatic rings. The highest BCUT2D eigenvalue weighted by Gasteiger charge is 2.25. The average molecular weight is 384 g/mol. The van der Waals surface area contributed by atoms with Crippen LogP contribution in [0, 0.1) is 0 Å². The van der Waals surface area contributed by atoms with Crippen molar-refractivity contribution < 1.29 is 14.3 Å². The first-order valence-electron chi connectivity index (χ1n) is 10.3. The maximum atomic E-state index is 12.4. The number of piperazine rings is 1. The van der Waals surface area contributed by atoms with Crippen molar-refractivity contribution in [3.05, 3.63) is 0 Å². The van der Waals surface area contributed by atoms with Gasteiger partial charge in [0, 0.05) is 51.9 Å². The Hall–Kier alpha value is -1.38. The van der Waals surface area contributed by atoms with Gasteiger partial charge in [0.05, 0.1) is 19.8 Å². The van der Waals surface area contributed by atoms with Crippen LogP contribution in [-0.2, 0) is 9.53 Å². The van der Waals surface area contributed by atoms with Crippen LogP contribution in [0.1, 0.15) is 26.7 Å². The number of nitrogens with one attached hydrogen (secondary N) is 1. The minimum Gasteiger partial charge on any atom is -0.379 e. The standard InChI is InChI=1S/C19H37N5O3/c1-17(2)21(3)7-5-4-6-20-19(26)24-10-8-23(9-11-24)18(25)16-22-12-14-27-15-13-22/h17H,4-16H2,1-3H3,(H,20,26). The number of hydrogen-bond donors (Lipinski definition) is 1. The van der Waals surface area contributed by atoms with Crippen LogP contribution >= 0.6 is 0 Å². The molecular weight excluding hydrogens is 346 g/mol. The van der Waals surface area contributed by atoms with Crippen molar-refractivity contribution in [3.63, 3.8) is 0 Å². The number of hydrogen-bond acceptors (Lipinski definition) is 5. The summed E-state index contributed by atoms with van der Waals surface area (Å²) in [5.41, 5.74) is 0. The maximum Gasteiger partial charge on any atom is 0.317 e. The second-order valence-electron chi connectivity index (χ2n) is 7.77. The molecule has 2 aliphatic rings. The zero-order valence-electron chi connectivity index (χ0n) is 17.3. The Morgan fingerprint density at radius 1 is 1.00 bits per heavy atom. The number of urea groups is 1. The zero-order valence-corrected chi connectivity index (χ0v) is 17.3. The summed E-state index contributed by atoms with van der Waals surface area (Å²) in [7, 11) is 2.13. The number of unbranched alkanes of at least 4 members (excludes halogenated alkanes) is 1. The van der Waals surface area contributed by atoms with E-state index >= 15 is 0 Å². The van der Waals surface area contributed by atoms with Crippen LogP contribution in [0.4, 0.5) is 4.79 Å². The molecule has 3 amide bonds. The summed E-state index contributed by atoms with van der Waals surface area (Å²) in [4.78, 5) is 32.8. The normalized spacial score (nSPS) is 19.0. The van der Waals surface area contributed by atoms with E-state index in [4.69, 9.17) is 4.74 Å². The summed E-state index contributed by atoms with van der Waals surface area (Å²) in [5, 5.41) is 3.01. The third kappa shape index (κ3) is 7.63. The molecule has 2 rings (SSSR count). The van der Waals surface area contributed by atoms with Crippen LogP contribution < -0.4 is 5.32 Å². The number of carbonyl (C=O) groups is 2. The number of rotatable bonds is 8. The van der Waals surface area contributed by atoms with Gasteiger partial charge in [0.25, 0.3) is 0 Å². The predicted molar refractivity (Wildman–Crippen MR) is 106 cm³/mol. The fourth-order valence-corrected chi connectivity index (χ4v) is 3.26. The first-order chi connectivity index (χ1) is 13.0. The Labute approximate surface area is 163 Å². The number of carbonyl (C=O) groups excluding carboxylic acids is 2. The molecule has 2 saturated heterocycles. The molecule has 0 aliphatic carbocycles. The van der Waals surface area contributed by atoms with E-state index in [0.29, 0.717) is 58.5 Å². The van der Waals surface area contributed by atoms with E-state index in [1.807, 2.05) is 9.80 Å². The molecule has 156 valence electrons. The lowest BCUT2D eigenvalue weighted by molar-refractivity contribution is -0.134. The van der Waals surface area contributed by atoms with Crippen LogP contribution in [0.5, 0.6) is 0 Å². The summed E-state index contributed by atoms with van der Waals surface area (Å²) in [6.07, 6.45) is 2.07. The van der Waals surface area contributed by atoms with Crippen molar-refractivity contribution in [2.24, 2.45) is 0 Å². The van der Waals surface area contributed by atoms with Crippen molar-refractivity contribution in [2.45, 2.75) is 32.7 Å². The van der Waals surface area contributed by atoms with Gasteiger partial charge >= 0.3 is 6.03 Å². The van der Waals surface area contributed by atoms with Gasteiger partial charge in [-0.2, -0.15) is 0 Å². The lowest BCUT2D eigenvalue weighted by Crippen LogP contribution is -2.55. The quantitative estimate of drug-likeness (QED) is 0.611. The SMILES string of the molecule is CC(C)N(C)CCCCNC(=O)N1CCN(C(=O)CN2CCOCC2)CC1. The second kappa shape index (κ2) is 11.5. The first kappa shape index (κ1) is 21.9. The van der Waals surface area contributed by atoms with Gasteiger partial charge in [-0.1, -0.05) is 0 Å². The van der Waals surface area contributed by atoms with Gasteiger partial charge in [0.2, 0.25) is 5.91 Å². The molecule has 8 nitrogen and oxygen atoms in total. The summed E-state index contributed by atoms with van der Waals surface area (Å²) >= 11 is 0. The first-order valence-corrected chi connectivity index (χ1v) is 10.3. The monoisotopic (exact) mass is 383 g/mol. The van der Waals surface area contributed by atoms with Gasteiger partial charge in [-0.3, -0.25) is 9.69 Å². The average Bonchev–Trinajstić information content (AvgIpc) is 2.68. The van der Waals surface area contributed by atoms with Crippen LogP contribution in [-0.4, -0.2) is 117 Å². The highest BCUT2D eigenvalue weighted by Crippen LogP contribution is 2.05. The Kier molecular flexibility index (Phi) is 9.30. The van der Waals surface area contributed by atoms with Crippen LogP contribution in [0.25, 0.3) is 0 Å². The highest BCUT2D eigenvalue weighted by molar-refractivity contribution is 5.79. The molecule has 8 heteroatoms. The second-order valence-corrected chi connectivity index (χ2v) is 7.77. The molecular formula is C19H37N5O3. The molecule has 0 atom stereocenters. The van der Waals surface area contributed by atoms with Gasteiger partial charge in [-0.15, -0.1) is 0 Å². The highest BCUT2D eigenvalue weighted by atomic mass is 16.5. The smallest absolute Gasteiger partial charge is 0.317 e. The fourth-order valence-electron chi connectivity index (χ4n) is 3.26. The molecule has 0 saturated carbocycles. The van der Waals surface area contributed by atoms with E-state index in [1.54, 1.807) is 0 Å². The summed E-state index contributed by atoms with van der Waals surface area (Å²) in [6.45, 7) is 12.1. The van der Waals surface area contributed by atoms with Crippen LogP contribution in [0.2, 0.25) is 0 Å². The Morgan fingerprint density at radius 3 is 2.26 bits per heavy atom. The van der Waals surface area contributed by atoms with Gasteiger partial charge in [0.15, 0.2) is 0 Å². The summed E-state index contributed by atoms with van der Waals surface area (Å²) in [5.74, 6) is 0.159.